The molecule has 1 aromatic carbocycles. The van der Waals surface area contributed by atoms with Gasteiger partial charge < -0.3 is 14.8 Å². The van der Waals surface area contributed by atoms with Gasteiger partial charge in [0.15, 0.2) is 0 Å². The highest BCUT2D eigenvalue weighted by Crippen LogP contribution is 2.23. The Balaban J connectivity index is 1.98. The van der Waals surface area contributed by atoms with E-state index < -0.39 is 0 Å². The van der Waals surface area contributed by atoms with Gasteiger partial charge in [0.1, 0.15) is 18.5 Å². The molecule has 0 spiro atoms. The normalized spacial score (nSPS) is 20.3. The van der Waals surface area contributed by atoms with Gasteiger partial charge in [0, 0.05) is 13.1 Å². The lowest BCUT2D eigenvalue weighted by Crippen LogP contribution is -2.41. The molecular formula is C14H21NO2. The third-order valence-corrected chi connectivity index (χ3v) is 3.19. The van der Waals surface area contributed by atoms with Crippen molar-refractivity contribution in [3.63, 3.8) is 0 Å². The van der Waals surface area contributed by atoms with E-state index in [1.165, 1.54) is 16.7 Å². The number of hydrogen-bond acceptors (Lipinski definition) is 3. The minimum atomic E-state index is 0.170. The third kappa shape index (κ3) is 3.20. The van der Waals surface area contributed by atoms with Gasteiger partial charge in [-0.2, -0.15) is 0 Å². The van der Waals surface area contributed by atoms with Crippen molar-refractivity contribution >= 4 is 0 Å². The summed E-state index contributed by atoms with van der Waals surface area (Å²) in [6, 6.07) is 4.28. The van der Waals surface area contributed by atoms with Crippen LogP contribution < -0.4 is 10.1 Å². The summed E-state index contributed by atoms with van der Waals surface area (Å²) in [4.78, 5) is 0. The molecule has 1 aliphatic heterocycles. The Morgan fingerprint density at radius 2 is 2.18 bits per heavy atom. The Morgan fingerprint density at radius 3 is 2.88 bits per heavy atom. The monoisotopic (exact) mass is 235 g/mol. The Hall–Kier alpha value is -1.06. The first-order valence-electron chi connectivity index (χ1n) is 6.20. The van der Waals surface area contributed by atoms with Crippen LogP contribution in [0.1, 0.15) is 16.7 Å². The maximum atomic E-state index is 5.87. The largest absolute Gasteiger partial charge is 0.491 e. The fraction of sp³-hybridized carbons (Fsp3) is 0.571. The van der Waals surface area contributed by atoms with E-state index in [0.29, 0.717) is 6.61 Å². The SMILES string of the molecule is Cc1cc(C)c(C)c(OCC2CNCCO2)c1. The molecule has 1 fully saturated rings. The lowest BCUT2D eigenvalue weighted by molar-refractivity contribution is 0.0000434. The Morgan fingerprint density at radius 1 is 1.35 bits per heavy atom. The summed E-state index contributed by atoms with van der Waals surface area (Å²) in [7, 11) is 0. The number of aryl methyl sites for hydroxylation is 2. The molecule has 0 amide bonds. The van der Waals surface area contributed by atoms with Crippen molar-refractivity contribution in [2.75, 3.05) is 26.3 Å². The Bertz CT molecular complexity index is 384. The summed E-state index contributed by atoms with van der Waals surface area (Å²) < 4.78 is 11.5. The van der Waals surface area contributed by atoms with Crippen LogP contribution in [-0.4, -0.2) is 32.4 Å². The second-order valence-electron chi connectivity index (χ2n) is 4.71. The summed E-state index contributed by atoms with van der Waals surface area (Å²) in [6.45, 7) is 9.54. The topological polar surface area (TPSA) is 30.5 Å². The highest BCUT2D eigenvalue weighted by molar-refractivity contribution is 5.41. The molecule has 0 bridgehead atoms. The van der Waals surface area contributed by atoms with Crippen LogP contribution in [0.4, 0.5) is 0 Å². The van der Waals surface area contributed by atoms with Crippen LogP contribution in [0.2, 0.25) is 0 Å². The summed E-state index contributed by atoms with van der Waals surface area (Å²) in [5, 5.41) is 3.30. The van der Waals surface area contributed by atoms with Crippen molar-refractivity contribution in [2.24, 2.45) is 0 Å². The summed E-state index contributed by atoms with van der Waals surface area (Å²) in [5.74, 6) is 0.983. The highest BCUT2D eigenvalue weighted by Gasteiger charge is 2.14. The number of morpholine rings is 1. The molecule has 1 aromatic rings. The minimum Gasteiger partial charge on any atom is -0.491 e. The standard InChI is InChI=1S/C14H21NO2/c1-10-6-11(2)12(3)14(7-10)17-9-13-8-15-4-5-16-13/h6-7,13,15H,4-5,8-9H2,1-3H3. The Labute approximate surface area is 103 Å². The van der Waals surface area contributed by atoms with Crippen LogP contribution in [0.5, 0.6) is 5.75 Å². The van der Waals surface area contributed by atoms with Crippen LogP contribution in [0, 0.1) is 20.8 Å². The first-order valence-corrected chi connectivity index (χ1v) is 6.20. The molecular weight excluding hydrogens is 214 g/mol. The van der Waals surface area contributed by atoms with Gasteiger partial charge in [0.2, 0.25) is 0 Å². The van der Waals surface area contributed by atoms with Crippen LogP contribution in [0.25, 0.3) is 0 Å². The van der Waals surface area contributed by atoms with Crippen molar-refractivity contribution in [1.29, 1.82) is 0 Å². The van der Waals surface area contributed by atoms with Gasteiger partial charge in [-0.15, -0.1) is 0 Å². The molecule has 0 radical (unpaired) electrons. The van der Waals surface area contributed by atoms with Gasteiger partial charge in [0.05, 0.1) is 6.61 Å². The molecule has 2 rings (SSSR count). The molecule has 17 heavy (non-hydrogen) atoms. The second kappa shape index (κ2) is 5.52. The number of ether oxygens (including phenoxy) is 2. The van der Waals surface area contributed by atoms with E-state index in [2.05, 4.69) is 38.2 Å². The molecule has 3 nitrogen and oxygen atoms in total. The van der Waals surface area contributed by atoms with Crippen LogP contribution in [0.3, 0.4) is 0 Å². The van der Waals surface area contributed by atoms with Crippen molar-refractivity contribution < 1.29 is 9.47 Å². The van der Waals surface area contributed by atoms with E-state index in [4.69, 9.17) is 9.47 Å². The summed E-state index contributed by atoms with van der Waals surface area (Å²) in [6.07, 6.45) is 0.170. The average molecular weight is 235 g/mol. The number of benzene rings is 1. The highest BCUT2D eigenvalue weighted by atomic mass is 16.5. The van der Waals surface area contributed by atoms with Gasteiger partial charge in [-0.3, -0.25) is 0 Å². The molecule has 3 heteroatoms. The zero-order chi connectivity index (χ0) is 12.3. The maximum Gasteiger partial charge on any atom is 0.122 e. The van der Waals surface area contributed by atoms with E-state index in [9.17, 15) is 0 Å². The van der Waals surface area contributed by atoms with Gasteiger partial charge in [-0.1, -0.05) is 6.07 Å². The summed E-state index contributed by atoms with van der Waals surface area (Å²) in [5.41, 5.74) is 3.74. The quantitative estimate of drug-likeness (QED) is 0.869. The van der Waals surface area contributed by atoms with E-state index in [0.717, 1.165) is 25.4 Å². The van der Waals surface area contributed by atoms with Crippen molar-refractivity contribution in [3.05, 3.63) is 28.8 Å². The molecule has 1 unspecified atom stereocenters. The molecule has 1 N–H and O–H groups in total. The zero-order valence-corrected chi connectivity index (χ0v) is 10.9. The predicted octanol–water partition coefficient (Wildman–Crippen LogP) is 1.98. The van der Waals surface area contributed by atoms with Gasteiger partial charge in [-0.25, -0.2) is 0 Å². The van der Waals surface area contributed by atoms with Crippen LogP contribution >= 0.6 is 0 Å². The number of rotatable bonds is 3. The van der Waals surface area contributed by atoms with E-state index >= 15 is 0 Å². The Kier molecular flexibility index (Phi) is 4.02. The van der Waals surface area contributed by atoms with Crippen molar-refractivity contribution in [2.45, 2.75) is 26.9 Å². The molecule has 0 saturated carbocycles. The lowest BCUT2D eigenvalue weighted by atomic mass is 10.1. The van der Waals surface area contributed by atoms with Crippen molar-refractivity contribution in [1.82, 2.24) is 5.32 Å². The van der Waals surface area contributed by atoms with Gasteiger partial charge >= 0.3 is 0 Å². The van der Waals surface area contributed by atoms with E-state index in [1.54, 1.807) is 0 Å². The molecule has 0 aliphatic carbocycles. The molecule has 1 heterocycles. The molecule has 0 aromatic heterocycles. The third-order valence-electron chi connectivity index (χ3n) is 3.19. The molecule has 94 valence electrons. The van der Waals surface area contributed by atoms with Crippen molar-refractivity contribution in [3.8, 4) is 5.75 Å². The lowest BCUT2D eigenvalue weighted by Gasteiger charge is -2.24. The van der Waals surface area contributed by atoms with Gasteiger partial charge in [0.25, 0.3) is 0 Å². The number of hydrogen-bond donors (Lipinski definition) is 1. The summed E-state index contributed by atoms with van der Waals surface area (Å²) >= 11 is 0. The molecule has 1 saturated heterocycles. The fourth-order valence-electron chi connectivity index (χ4n) is 2.06. The predicted molar refractivity (Wildman–Crippen MR) is 68.8 cm³/mol. The maximum absolute atomic E-state index is 5.87. The first-order chi connectivity index (χ1) is 8.16. The fourth-order valence-corrected chi connectivity index (χ4v) is 2.06. The van der Waals surface area contributed by atoms with Crippen LogP contribution in [0.15, 0.2) is 12.1 Å². The average Bonchev–Trinajstić information content (AvgIpc) is 2.33. The zero-order valence-electron chi connectivity index (χ0n) is 10.9. The van der Waals surface area contributed by atoms with Gasteiger partial charge in [-0.05, 0) is 43.5 Å². The molecule has 1 atom stereocenters. The minimum absolute atomic E-state index is 0.170. The first kappa shape index (κ1) is 12.4. The second-order valence-corrected chi connectivity index (χ2v) is 4.71. The van der Waals surface area contributed by atoms with E-state index in [1.807, 2.05) is 0 Å². The van der Waals surface area contributed by atoms with Crippen LogP contribution in [-0.2, 0) is 4.74 Å². The van der Waals surface area contributed by atoms with E-state index in [-0.39, 0.29) is 6.10 Å². The smallest absolute Gasteiger partial charge is 0.122 e. The molecule has 1 aliphatic rings. The number of nitrogens with one attached hydrogen (secondary N) is 1.